The molecule has 0 spiro atoms. The van der Waals surface area contributed by atoms with Gasteiger partial charge in [0.15, 0.2) is 0 Å². The molecule has 0 amide bonds. The Hall–Kier alpha value is -0.790. The molecule has 1 unspecified atom stereocenters. The molecule has 0 saturated carbocycles. The molecule has 0 aromatic heterocycles. The van der Waals surface area contributed by atoms with Crippen LogP contribution < -0.4 is 0 Å². The van der Waals surface area contributed by atoms with Gasteiger partial charge in [-0.2, -0.15) is 0 Å². The van der Waals surface area contributed by atoms with Crippen molar-refractivity contribution in [3.63, 3.8) is 0 Å². The molecule has 0 radical (unpaired) electrons. The van der Waals surface area contributed by atoms with Crippen LogP contribution >= 0.6 is 0 Å². The van der Waals surface area contributed by atoms with Crippen LogP contribution in [-0.2, 0) is 4.79 Å². The highest BCUT2D eigenvalue weighted by atomic mass is 16.4. The average molecular weight is 142 g/mol. The zero-order valence-electron chi connectivity index (χ0n) is 6.50. The molecule has 0 aliphatic heterocycles. The van der Waals surface area contributed by atoms with Crippen LogP contribution in [0.1, 0.15) is 26.7 Å². The number of aliphatic carboxylic acids is 1. The molecule has 0 aliphatic rings. The number of hydrogen-bond donors (Lipinski definition) is 1. The Morgan fingerprint density at radius 3 is 2.60 bits per heavy atom. The van der Waals surface area contributed by atoms with Gasteiger partial charge in [0.2, 0.25) is 0 Å². The van der Waals surface area contributed by atoms with Gasteiger partial charge in [0.25, 0.3) is 0 Å². The van der Waals surface area contributed by atoms with E-state index in [4.69, 9.17) is 5.11 Å². The van der Waals surface area contributed by atoms with Crippen LogP contribution in [0.3, 0.4) is 0 Å². The maximum Gasteiger partial charge on any atom is 0.306 e. The minimum atomic E-state index is -0.722. The molecule has 0 aromatic rings. The van der Waals surface area contributed by atoms with E-state index >= 15 is 0 Å². The third-order valence-corrected chi connectivity index (χ3v) is 1.31. The quantitative estimate of drug-likeness (QED) is 0.610. The van der Waals surface area contributed by atoms with Crippen molar-refractivity contribution >= 4 is 5.97 Å². The molecule has 1 atom stereocenters. The number of carbonyl (C=O) groups is 1. The molecule has 0 rings (SSSR count). The van der Waals surface area contributed by atoms with Crippen LogP contribution in [0.15, 0.2) is 12.2 Å². The van der Waals surface area contributed by atoms with Crippen molar-refractivity contribution in [3.8, 4) is 0 Å². The lowest BCUT2D eigenvalue weighted by Gasteiger charge is -1.98. The van der Waals surface area contributed by atoms with Crippen molar-refractivity contribution < 1.29 is 9.90 Å². The van der Waals surface area contributed by atoms with E-state index in [0.29, 0.717) is 6.42 Å². The summed E-state index contributed by atoms with van der Waals surface area (Å²) in [5, 5.41) is 8.45. The second-order valence-electron chi connectivity index (χ2n) is 2.35. The van der Waals surface area contributed by atoms with Crippen LogP contribution in [0.2, 0.25) is 0 Å². The monoisotopic (exact) mass is 142 g/mol. The van der Waals surface area contributed by atoms with Gasteiger partial charge in [-0.25, -0.2) is 0 Å². The fraction of sp³-hybridized carbons (Fsp3) is 0.625. The number of rotatable bonds is 4. The largest absolute Gasteiger partial charge is 0.481 e. The fourth-order valence-electron chi connectivity index (χ4n) is 0.568. The van der Waals surface area contributed by atoms with Gasteiger partial charge in [0.1, 0.15) is 0 Å². The third kappa shape index (κ3) is 4.13. The molecule has 2 heteroatoms. The molecule has 0 aliphatic carbocycles. The highest BCUT2D eigenvalue weighted by Gasteiger charge is 2.06. The summed E-state index contributed by atoms with van der Waals surface area (Å²) in [7, 11) is 0. The van der Waals surface area contributed by atoms with E-state index in [1.807, 2.05) is 19.1 Å². The predicted molar refractivity (Wildman–Crippen MR) is 40.8 cm³/mol. The zero-order valence-corrected chi connectivity index (χ0v) is 6.50. The summed E-state index contributed by atoms with van der Waals surface area (Å²) in [6.07, 6.45) is 5.52. The molecule has 2 nitrogen and oxygen atoms in total. The van der Waals surface area contributed by atoms with Gasteiger partial charge < -0.3 is 5.11 Å². The van der Waals surface area contributed by atoms with E-state index in [9.17, 15) is 4.79 Å². The van der Waals surface area contributed by atoms with Gasteiger partial charge in [-0.1, -0.05) is 26.0 Å². The molecule has 0 saturated heterocycles. The molecule has 58 valence electrons. The summed E-state index contributed by atoms with van der Waals surface area (Å²) in [4.78, 5) is 10.3. The summed E-state index contributed by atoms with van der Waals surface area (Å²) in [5.41, 5.74) is 0. The first-order chi connectivity index (χ1) is 4.68. The first kappa shape index (κ1) is 9.21. The summed E-state index contributed by atoms with van der Waals surface area (Å²) in [6, 6.07) is 0. The Balaban J connectivity index is 3.48. The molecule has 1 N–H and O–H groups in total. The van der Waals surface area contributed by atoms with E-state index in [0.717, 1.165) is 6.42 Å². The third-order valence-electron chi connectivity index (χ3n) is 1.31. The maximum atomic E-state index is 10.3. The molecule has 0 aromatic carbocycles. The molecular weight excluding hydrogens is 128 g/mol. The van der Waals surface area contributed by atoms with E-state index in [-0.39, 0.29) is 5.92 Å². The first-order valence-corrected chi connectivity index (χ1v) is 3.56. The van der Waals surface area contributed by atoms with Crippen LogP contribution in [0.25, 0.3) is 0 Å². The minimum absolute atomic E-state index is 0.247. The maximum absolute atomic E-state index is 10.3. The number of hydrogen-bond acceptors (Lipinski definition) is 1. The Kier molecular flexibility index (Phi) is 4.63. The molecule has 0 heterocycles. The highest BCUT2D eigenvalue weighted by molar-refractivity contribution is 5.69. The van der Waals surface area contributed by atoms with Crippen LogP contribution in [0.5, 0.6) is 0 Å². The number of allylic oxidation sites excluding steroid dienone is 2. The predicted octanol–water partition coefficient (Wildman–Crippen LogP) is 2.06. The second-order valence-corrected chi connectivity index (χ2v) is 2.35. The van der Waals surface area contributed by atoms with Gasteiger partial charge in [0.05, 0.1) is 5.92 Å². The lowest BCUT2D eigenvalue weighted by atomic mass is 10.1. The second kappa shape index (κ2) is 5.03. The summed E-state index contributed by atoms with van der Waals surface area (Å²) in [6.45, 7) is 3.74. The standard InChI is InChI=1S/C8H14O2/c1-3-4-5-6-7(2)8(9)10/h4-5,7H,3,6H2,1-2H3,(H,9,10)/b5-4+. The van der Waals surface area contributed by atoms with E-state index < -0.39 is 5.97 Å². The SMILES string of the molecule is CC/C=C/CC(C)C(=O)O. The Bertz CT molecular complexity index is 127. The minimum Gasteiger partial charge on any atom is -0.481 e. The van der Waals surface area contributed by atoms with Gasteiger partial charge in [-0.15, -0.1) is 0 Å². The highest BCUT2D eigenvalue weighted by Crippen LogP contribution is 2.02. The van der Waals surface area contributed by atoms with Crippen molar-refractivity contribution in [2.45, 2.75) is 26.7 Å². The van der Waals surface area contributed by atoms with Crippen LogP contribution in [-0.4, -0.2) is 11.1 Å². The van der Waals surface area contributed by atoms with Crippen molar-refractivity contribution in [1.29, 1.82) is 0 Å². The fourth-order valence-corrected chi connectivity index (χ4v) is 0.568. The van der Waals surface area contributed by atoms with E-state index in [2.05, 4.69) is 0 Å². The average Bonchev–Trinajstić information content (AvgIpc) is 1.88. The van der Waals surface area contributed by atoms with Crippen LogP contribution in [0, 0.1) is 5.92 Å². The topological polar surface area (TPSA) is 37.3 Å². The van der Waals surface area contributed by atoms with Gasteiger partial charge >= 0.3 is 5.97 Å². The van der Waals surface area contributed by atoms with E-state index in [1.54, 1.807) is 6.92 Å². The van der Waals surface area contributed by atoms with Crippen molar-refractivity contribution in [2.24, 2.45) is 5.92 Å². The van der Waals surface area contributed by atoms with Gasteiger partial charge in [0, 0.05) is 0 Å². The van der Waals surface area contributed by atoms with Crippen molar-refractivity contribution in [2.75, 3.05) is 0 Å². The van der Waals surface area contributed by atoms with E-state index in [1.165, 1.54) is 0 Å². The summed E-state index contributed by atoms with van der Waals surface area (Å²) in [5.74, 6) is -0.969. The Labute approximate surface area is 61.6 Å². The molecule has 0 bridgehead atoms. The number of carboxylic acid groups (broad SMARTS) is 1. The smallest absolute Gasteiger partial charge is 0.306 e. The van der Waals surface area contributed by atoms with Gasteiger partial charge in [-0.05, 0) is 12.8 Å². The Morgan fingerprint density at radius 2 is 2.20 bits per heavy atom. The lowest BCUT2D eigenvalue weighted by Crippen LogP contribution is -2.07. The van der Waals surface area contributed by atoms with Crippen molar-refractivity contribution in [1.82, 2.24) is 0 Å². The first-order valence-electron chi connectivity index (χ1n) is 3.56. The molecule has 10 heavy (non-hydrogen) atoms. The van der Waals surface area contributed by atoms with Gasteiger partial charge in [-0.3, -0.25) is 4.79 Å². The summed E-state index contributed by atoms with van der Waals surface area (Å²) < 4.78 is 0. The lowest BCUT2D eigenvalue weighted by molar-refractivity contribution is -0.140. The number of carboxylic acids is 1. The normalized spacial score (nSPS) is 13.8. The molecular formula is C8H14O2. The van der Waals surface area contributed by atoms with Crippen LogP contribution in [0.4, 0.5) is 0 Å². The molecule has 0 fully saturated rings. The zero-order chi connectivity index (χ0) is 7.98. The summed E-state index contributed by atoms with van der Waals surface area (Å²) >= 11 is 0. The van der Waals surface area contributed by atoms with Crippen molar-refractivity contribution in [3.05, 3.63) is 12.2 Å². The Morgan fingerprint density at radius 1 is 1.60 bits per heavy atom.